The van der Waals surface area contributed by atoms with Crippen LogP contribution in [0.1, 0.15) is 21.5 Å². The Kier molecular flexibility index (Phi) is 5.62. The lowest BCUT2D eigenvalue weighted by molar-refractivity contribution is 0.0661. The van der Waals surface area contributed by atoms with Gasteiger partial charge in [-0.05, 0) is 37.1 Å². The Labute approximate surface area is 144 Å². The van der Waals surface area contributed by atoms with Gasteiger partial charge in [0.05, 0.1) is 0 Å². The molecule has 1 fully saturated rings. The van der Waals surface area contributed by atoms with Crippen molar-refractivity contribution in [3.8, 4) is 0 Å². The molecule has 2 aromatic carbocycles. The average Bonchev–Trinajstić information content (AvgIpc) is 2.63. The molecule has 0 bridgehead atoms. The maximum absolute atomic E-state index is 12.7. The lowest BCUT2D eigenvalue weighted by Crippen LogP contribution is -2.52. The zero-order valence-electron chi connectivity index (χ0n) is 14.2. The van der Waals surface area contributed by atoms with Crippen molar-refractivity contribution in [3.63, 3.8) is 0 Å². The number of benzene rings is 2. The number of nitrogens with one attached hydrogen (secondary N) is 1. The Bertz CT molecular complexity index is 664. The minimum absolute atomic E-state index is 0.00298. The quantitative estimate of drug-likeness (QED) is 0.917. The van der Waals surface area contributed by atoms with Crippen LogP contribution < -0.4 is 5.43 Å². The number of carbonyl (C=O) groups is 1. The zero-order chi connectivity index (χ0) is 16.8. The number of amides is 1. The molecule has 126 valence electrons. The number of likely N-dealkylation sites (N-methyl/N-ethyl adjacent to an activating group) is 1. The number of hydrazine groups is 1. The van der Waals surface area contributed by atoms with Gasteiger partial charge in [-0.3, -0.25) is 10.2 Å². The number of piperazine rings is 1. The summed E-state index contributed by atoms with van der Waals surface area (Å²) in [5.41, 5.74) is 6.25. The maximum Gasteiger partial charge on any atom is 0.265 e. The fourth-order valence-corrected chi connectivity index (χ4v) is 3.01. The van der Waals surface area contributed by atoms with Gasteiger partial charge in [-0.1, -0.05) is 48.5 Å². The van der Waals surface area contributed by atoms with E-state index in [9.17, 15) is 4.79 Å². The lowest BCUT2D eigenvalue weighted by atomic mass is 9.99. The number of nitrogens with zero attached hydrogens (tertiary/aromatic N) is 2. The van der Waals surface area contributed by atoms with Gasteiger partial charge in [0.15, 0.2) is 0 Å². The van der Waals surface area contributed by atoms with Gasteiger partial charge in [-0.25, -0.2) is 5.01 Å². The molecular weight excluding hydrogens is 298 g/mol. The van der Waals surface area contributed by atoms with Gasteiger partial charge >= 0.3 is 0 Å². The monoisotopic (exact) mass is 323 g/mol. The molecule has 4 heteroatoms. The summed E-state index contributed by atoms with van der Waals surface area (Å²) >= 11 is 0. The van der Waals surface area contributed by atoms with E-state index in [4.69, 9.17) is 0 Å². The van der Waals surface area contributed by atoms with Crippen molar-refractivity contribution in [2.24, 2.45) is 0 Å². The number of aryl methyl sites for hydroxylation is 2. The highest BCUT2D eigenvalue weighted by Gasteiger charge is 2.18. The molecule has 1 amide bonds. The Balaban J connectivity index is 1.63. The molecule has 1 N–H and O–H groups in total. The smallest absolute Gasteiger partial charge is 0.265 e. The number of hydrogen-bond acceptors (Lipinski definition) is 3. The van der Waals surface area contributed by atoms with Crippen molar-refractivity contribution in [3.05, 3.63) is 71.3 Å². The molecule has 0 aromatic heterocycles. The van der Waals surface area contributed by atoms with Crippen molar-refractivity contribution in [1.82, 2.24) is 15.3 Å². The van der Waals surface area contributed by atoms with Crippen LogP contribution in [0.5, 0.6) is 0 Å². The highest BCUT2D eigenvalue weighted by Crippen LogP contribution is 2.13. The van der Waals surface area contributed by atoms with E-state index in [2.05, 4.69) is 47.7 Å². The van der Waals surface area contributed by atoms with Gasteiger partial charge < -0.3 is 4.90 Å². The second-order valence-corrected chi connectivity index (χ2v) is 6.37. The van der Waals surface area contributed by atoms with Crippen LogP contribution in [0.3, 0.4) is 0 Å². The van der Waals surface area contributed by atoms with Crippen molar-refractivity contribution in [1.29, 1.82) is 0 Å². The van der Waals surface area contributed by atoms with Crippen LogP contribution in [-0.4, -0.2) is 49.0 Å². The summed E-state index contributed by atoms with van der Waals surface area (Å²) in [5, 5.41) is 2.02. The SMILES string of the molecule is CN1CCN(NC(=O)c2ccccc2CCc2ccccc2)CC1. The highest BCUT2D eigenvalue weighted by atomic mass is 16.2. The molecule has 0 radical (unpaired) electrons. The predicted octanol–water partition coefficient (Wildman–Crippen LogP) is 2.36. The Morgan fingerprint density at radius 2 is 1.58 bits per heavy atom. The number of hydrogen-bond donors (Lipinski definition) is 1. The summed E-state index contributed by atoms with van der Waals surface area (Å²) in [6, 6.07) is 18.3. The van der Waals surface area contributed by atoms with Crippen molar-refractivity contribution >= 4 is 5.91 Å². The van der Waals surface area contributed by atoms with Crippen LogP contribution in [0.15, 0.2) is 54.6 Å². The van der Waals surface area contributed by atoms with Crippen molar-refractivity contribution < 1.29 is 4.79 Å². The summed E-state index contributed by atoms with van der Waals surface area (Å²) in [4.78, 5) is 14.9. The molecule has 1 aliphatic heterocycles. The molecule has 4 nitrogen and oxygen atoms in total. The first-order valence-electron chi connectivity index (χ1n) is 8.58. The standard InChI is InChI=1S/C20H25N3O/c1-22-13-15-23(16-14-22)21-20(24)19-10-6-5-9-18(19)12-11-17-7-3-2-4-8-17/h2-10H,11-16H2,1H3,(H,21,24). The molecule has 1 aliphatic rings. The molecule has 0 unspecified atom stereocenters. The van der Waals surface area contributed by atoms with Gasteiger partial charge in [0.1, 0.15) is 0 Å². The largest absolute Gasteiger partial charge is 0.304 e. The predicted molar refractivity (Wildman–Crippen MR) is 96.8 cm³/mol. The lowest BCUT2D eigenvalue weighted by Gasteiger charge is -2.32. The first-order valence-corrected chi connectivity index (χ1v) is 8.58. The molecule has 2 aromatic rings. The van der Waals surface area contributed by atoms with Gasteiger partial charge in [-0.2, -0.15) is 0 Å². The van der Waals surface area contributed by atoms with Crippen LogP contribution in [0, 0.1) is 0 Å². The third-order valence-corrected chi connectivity index (χ3v) is 4.55. The molecule has 1 heterocycles. The molecular formula is C20H25N3O. The summed E-state index contributed by atoms with van der Waals surface area (Å²) in [7, 11) is 2.11. The van der Waals surface area contributed by atoms with Crippen LogP contribution in [0.25, 0.3) is 0 Å². The van der Waals surface area contributed by atoms with Gasteiger partial charge in [0.25, 0.3) is 5.91 Å². The van der Waals surface area contributed by atoms with Gasteiger partial charge in [-0.15, -0.1) is 0 Å². The third kappa shape index (κ3) is 4.43. The van der Waals surface area contributed by atoms with E-state index in [0.29, 0.717) is 0 Å². The Morgan fingerprint density at radius 3 is 2.33 bits per heavy atom. The van der Waals surface area contributed by atoms with E-state index in [0.717, 1.165) is 50.1 Å². The van der Waals surface area contributed by atoms with Crippen molar-refractivity contribution in [2.75, 3.05) is 33.2 Å². The molecule has 24 heavy (non-hydrogen) atoms. The van der Waals surface area contributed by atoms with E-state index in [-0.39, 0.29) is 5.91 Å². The number of carbonyl (C=O) groups excluding carboxylic acids is 1. The highest BCUT2D eigenvalue weighted by molar-refractivity contribution is 5.95. The first kappa shape index (κ1) is 16.7. The normalized spacial score (nSPS) is 16.0. The zero-order valence-corrected chi connectivity index (χ0v) is 14.2. The average molecular weight is 323 g/mol. The van der Waals surface area contributed by atoms with E-state index in [1.165, 1.54) is 5.56 Å². The van der Waals surface area contributed by atoms with Crippen LogP contribution in [-0.2, 0) is 12.8 Å². The summed E-state index contributed by atoms with van der Waals surface area (Å²) < 4.78 is 0. The Hall–Kier alpha value is -2.17. The summed E-state index contributed by atoms with van der Waals surface area (Å²) in [6.07, 6.45) is 1.82. The van der Waals surface area contributed by atoms with Gasteiger partial charge in [0, 0.05) is 31.7 Å². The number of rotatable bonds is 5. The Morgan fingerprint density at radius 1 is 0.917 bits per heavy atom. The third-order valence-electron chi connectivity index (χ3n) is 4.55. The fourth-order valence-electron chi connectivity index (χ4n) is 3.01. The van der Waals surface area contributed by atoms with Crippen LogP contribution >= 0.6 is 0 Å². The van der Waals surface area contributed by atoms with Crippen LogP contribution in [0.2, 0.25) is 0 Å². The maximum atomic E-state index is 12.7. The molecule has 0 saturated carbocycles. The fraction of sp³-hybridized carbons (Fsp3) is 0.350. The van der Waals surface area contributed by atoms with E-state index >= 15 is 0 Å². The second kappa shape index (κ2) is 8.08. The second-order valence-electron chi connectivity index (χ2n) is 6.37. The molecule has 0 spiro atoms. The topological polar surface area (TPSA) is 35.6 Å². The van der Waals surface area contributed by atoms with E-state index < -0.39 is 0 Å². The van der Waals surface area contributed by atoms with Gasteiger partial charge in [0.2, 0.25) is 0 Å². The van der Waals surface area contributed by atoms with Crippen molar-refractivity contribution in [2.45, 2.75) is 12.8 Å². The van der Waals surface area contributed by atoms with E-state index in [1.54, 1.807) is 0 Å². The first-order chi connectivity index (χ1) is 11.7. The summed E-state index contributed by atoms with van der Waals surface area (Å²) in [6.45, 7) is 3.70. The summed E-state index contributed by atoms with van der Waals surface area (Å²) in [5.74, 6) is 0.00298. The molecule has 3 rings (SSSR count). The minimum atomic E-state index is 0.00298. The molecule has 0 aliphatic carbocycles. The van der Waals surface area contributed by atoms with E-state index in [1.807, 2.05) is 29.3 Å². The minimum Gasteiger partial charge on any atom is -0.304 e. The molecule has 0 atom stereocenters. The molecule has 1 saturated heterocycles. The van der Waals surface area contributed by atoms with Crippen LogP contribution in [0.4, 0.5) is 0 Å².